The van der Waals surface area contributed by atoms with Crippen LogP contribution in [-0.2, 0) is 4.74 Å². The Morgan fingerprint density at radius 2 is 2.24 bits per heavy atom. The van der Waals surface area contributed by atoms with E-state index in [2.05, 4.69) is 12.2 Å². The fourth-order valence-corrected chi connectivity index (χ4v) is 3.77. The van der Waals surface area contributed by atoms with E-state index in [0.717, 1.165) is 33.6 Å². The van der Waals surface area contributed by atoms with Crippen molar-refractivity contribution < 1.29 is 4.74 Å². The number of hydrogen-bond acceptors (Lipinski definition) is 3. The first-order valence-electron chi connectivity index (χ1n) is 5.79. The highest BCUT2D eigenvalue weighted by molar-refractivity contribution is 7.20. The number of ether oxygens (including phenoxy) is 1. The van der Waals surface area contributed by atoms with Crippen LogP contribution < -0.4 is 5.32 Å². The standard InChI is InChI=1S/C12H17Cl2NOS/c1-8(9-6-10(13)17-11(9)14)15-7-12(16-2)4-3-5-12/h6,8,15H,3-5,7H2,1-2H3. The largest absolute Gasteiger partial charge is 0.377 e. The molecule has 1 atom stereocenters. The zero-order valence-electron chi connectivity index (χ0n) is 10.1. The van der Waals surface area contributed by atoms with E-state index in [0.29, 0.717) is 0 Å². The third-order valence-corrected chi connectivity index (χ3v) is 5.10. The van der Waals surface area contributed by atoms with E-state index in [-0.39, 0.29) is 11.6 Å². The fraction of sp³-hybridized carbons (Fsp3) is 0.667. The van der Waals surface area contributed by atoms with Gasteiger partial charge in [0.1, 0.15) is 0 Å². The second-order valence-corrected chi connectivity index (χ2v) is 6.91. The molecule has 5 heteroatoms. The molecular formula is C12H17Cl2NOS. The van der Waals surface area contributed by atoms with Gasteiger partial charge in [0.15, 0.2) is 0 Å². The van der Waals surface area contributed by atoms with E-state index in [9.17, 15) is 0 Å². The van der Waals surface area contributed by atoms with Crippen LogP contribution in [-0.4, -0.2) is 19.3 Å². The topological polar surface area (TPSA) is 21.3 Å². The van der Waals surface area contributed by atoms with E-state index in [1.54, 1.807) is 7.11 Å². The summed E-state index contributed by atoms with van der Waals surface area (Å²) in [6, 6.07) is 2.14. The van der Waals surface area contributed by atoms with Gasteiger partial charge >= 0.3 is 0 Å². The first-order valence-corrected chi connectivity index (χ1v) is 7.37. The molecule has 0 bridgehead atoms. The smallest absolute Gasteiger partial charge is 0.0991 e. The van der Waals surface area contributed by atoms with Crippen LogP contribution in [0.5, 0.6) is 0 Å². The number of methoxy groups -OCH3 is 1. The lowest BCUT2D eigenvalue weighted by molar-refractivity contribution is -0.0706. The monoisotopic (exact) mass is 293 g/mol. The van der Waals surface area contributed by atoms with Crippen molar-refractivity contribution in [1.82, 2.24) is 5.32 Å². The van der Waals surface area contributed by atoms with Gasteiger partial charge in [-0.2, -0.15) is 0 Å². The Kier molecular flexibility index (Phi) is 4.37. The molecule has 1 fully saturated rings. The van der Waals surface area contributed by atoms with Crippen LogP contribution in [0.3, 0.4) is 0 Å². The number of rotatable bonds is 5. The third-order valence-electron chi connectivity index (χ3n) is 3.58. The van der Waals surface area contributed by atoms with E-state index >= 15 is 0 Å². The molecule has 0 spiro atoms. The van der Waals surface area contributed by atoms with Crippen LogP contribution in [0.1, 0.15) is 37.8 Å². The van der Waals surface area contributed by atoms with Crippen LogP contribution in [0.2, 0.25) is 8.67 Å². The second-order valence-electron chi connectivity index (χ2n) is 4.62. The lowest BCUT2D eigenvalue weighted by Gasteiger charge is -2.41. The normalized spacial score (nSPS) is 20.0. The Hall–Kier alpha value is 0.200. The van der Waals surface area contributed by atoms with Crippen LogP contribution in [0.15, 0.2) is 6.07 Å². The van der Waals surface area contributed by atoms with E-state index in [1.165, 1.54) is 17.8 Å². The summed E-state index contributed by atoms with van der Waals surface area (Å²) in [5.74, 6) is 0. The number of halogens is 2. The van der Waals surface area contributed by atoms with Gasteiger partial charge in [-0.25, -0.2) is 0 Å². The van der Waals surface area contributed by atoms with E-state index in [4.69, 9.17) is 27.9 Å². The van der Waals surface area contributed by atoms with Crippen molar-refractivity contribution in [1.29, 1.82) is 0 Å². The summed E-state index contributed by atoms with van der Waals surface area (Å²) in [6.07, 6.45) is 3.54. The third kappa shape index (κ3) is 2.96. The minimum absolute atomic E-state index is 0.0422. The maximum Gasteiger partial charge on any atom is 0.0991 e. The van der Waals surface area contributed by atoms with Gasteiger partial charge in [0.2, 0.25) is 0 Å². The van der Waals surface area contributed by atoms with Crippen molar-refractivity contribution in [2.45, 2.75) is 37.8 Å². The lowest BCUT2D eigenvalue weighted by atomic mass is 9.80. The minimum atomic E-state index is 0.0422. The Balaban J connectivity index is 1.93. The molecule has 1 aliphatic rings. The molecule has 1 aliphatic carbocycles. The Labute approximate surface area is 116 Å². The van der Waals surface area contributed by atoms with Crippen molar-refractivity contribution in [2.24, 2.45) is 0 Å². The summed E-state index contributed by atoms with van der Waals surface area (Å²) in [4.78, 5) is 0. The van der Waals surface area contributed by atoms with Gasteiger partial charge in [-0.3, -0.25) is 0 Å². The summed E-state index contributed by atoms with van der Waals surface area (Å²) in [5, 5.41) is 3.49. The van der Waals surface area contributed by atoms with Crippen LogP contribution in [0.25, 0.3) is 0 Å². The van der Waals surface area contributed by atoms with Gasteiger partial charge in [-0.1, -0.05) is 23.2 Å². The molecule has 1 unspecified atom stereocenters. The maximum absolute atomic E-state index is 6.13. The van der Waals surface area contributed by atoms with Crippen molar-refractivity contribution in [3.63, 3.8) is 0 Å². The van der Waals surface area contributed by atoms with E-state index in [1.807, 2.05) is 6.07 Å². The van der Waals surface area contributed by atoms with Crippen LogP contribution >= 0.6 is 34.5 Å². The number of thiophene rings is 1. The van der Waals surface area contributed by atoms with E-state index < -0.39 is 0 Å². The van der Waals surface area contributed by atoms with Crippen molar-refractivity contribution in [3.05, 3.63) is 20.3 Å². The molecule has 1 saturated carbocycles. The summed E-state index contributed by atoms with van der Waals surface area (Å²) >= 11 is 13.5. The van der Waals surface area contributed by atoms with Gasteiger partial charge in [0.25, 0.3) is 0 Å². The molecule has 0 amide bonds. The summed E-state index contributed by atoms with van der Waals surface area (Å²) in [7, 11) is 1.79. The predicted octanol–water partition coefficient (Wildman–Crippen LogP) is 4.27. The molecule has 1 N–H and O–H groups in total. The summed E-state index contributed by atoms with van der Waals surface area (Å²) in [6.45, 7) is 2.97. The molecule has 0 saturated heterocycles. The quantitative estimate of drug-likeness (QED) is 0.875. The van der Waals surface area contributed by atoms with Gasteiger partial charge in [0, 0.05) is 19.7 Å². The molecule has 1 aromatic rings. The zero-order valence-corrected chi connectivity index (χ0v) is 12.4. The highest BCUT2D eigenvalue weighted by atomic mass is 35.5. The zero-order chi connectivity index (χ0) is 12.5. The maximum atomic E-state index is 6.13. The van der Waals surface area contributed by atoms with Crippen molar-refractivity contribution in [3.8, 4) is 0 Å². The molecule has 2 nitrogen and oxygen atoms in total. The molecule has 1 aromatic heterocycles. The van der Waals surface area contributed by atoms with Gasteiger partial charge in [0.05, 0.1) is 14.3 Å². The number of hydrogen-bond donors (Lipinski definition) is 1. The molecular weight excluding hydrogens is 277 g/mol. The molecule has 96 valence electrons. The highest BCUT2D eigenvalue weighted by Gasteiger charge is 2.37. The van der Waals surface area contributed by atoms with Crippen LogP contribution in [0, 0.1) is 0 Å². The predicted molar refractivity (Wildman–Crippen MR) is 74.3 cm³/mol. The van der Waals surface area contributed by atoms with Crippen molar-refractivity contribution in [2.75, 3.05) is 13.7 Å². The van der Waals surface area contributed by atoms with Crippen LogP contribution in [0.4, 0.5) is 0 Å². The molecule has 0 aromatic carbocycles. The minimum Gasteiger partial charge on any atom is -0.377 e. The van der Waals surface area contributed by atoms with Crippen molar-refractivity contribution >= 4 is 34.5 Å². The summed E-state index contributed by atoms with van der Waals surface area (Å²) in [5.41, 5.74) is 1.12. The average molecular weight is 294 g/mol. The average Bonchev–Trinajstić information content (AvgIpc) is 2.57. The SMILES string of the molecule is COC1(CNC(C)c2cc(Cl)sc2Cl)CCC1. The summed E-state index contributed by atoms with van der Waals surface area (Å²) < 4.78 is 7.09. The Morgan fingerprint density at radius 3 is 2.65 bits per heavy atom. The van der Waals surface area contributed by atoms with Gasteiger partial charge in [-0.15, -0.1) is 11.3 Å². The lowest BCUT2D eigenvalue weighted by Crippen LogP contribution is -2.48. The first kappa shape index (κ1) is 13.6. The van der Waals surface area contributed by atoms with Gasteiger partial charge < -0.3 is 10.1 Å². The molecule has 2 rings (SSSR count). The fourth-order valence-electron chi connectivity index (χ4n) is 2.12. The Morgan fingerprint density at radius 1 is 1.53 bits per heavy atom. The molecule has 17 heavy (non-hydrogen) atoms. The van der Waals surface area contributed by atoms with Gasteiger partial charge in [-0.05, 0) is 37.8 Å². The number of nitrogens with one attached hydrogen (secondary N) is 1. The molecule has 1 heterocycles. The highest BCUT2D eigenvalue weighted by Crippen LogP contribution is 2.37. The molecule has 0 aliphatic heterocycles. The molecule has 0 radical (unpaired) electrons. The second kappa shape index (κ2) is 5.45. The first-order chi connectivity index (χ1) is 8.06. The Bertz CT molecular complexity index is 384.